The fourth-order valence-electron chi connectivity index (χ4n) is 0.607. The molecule has 0 spiro atoms. The predicted molar refractivity (Wildman–Crippen MR) is 54.6 cm³/mol. The van der Waals surface area contributed by atoms with Gasteiger partial charge < -0.3 is 20.7 Å². The van der Waals surface area contributed by atoms with Crippen LogP contribution in [0.2, 0.25) is 0 Å². The maximum Gasteiger partial charge on any atom is 0.320 e. The molecule has 0 amide bonds. The summed E-state index contributed by atoms with van der Waals surface area (Å²) >= 11 is 0. The number of carboxylic acid groups (broad SMARTS) is 2. The summed E-state index contributed by atoms with van der Waals surface area (Å²) in [5.74, 6) is -2.20. The molecule has 1 atom stereocenters. The molecular weight excluding hydrogens is 202 g/mol. The van der Waals surface area contributed by atoms with Crippen LogP contribution in [-0.2, 0) is 14.3 Å². The third-order valence-electron chi connectivity index (χ3n) is 1.39. The van der Waals surface area contributed by atoms with Gasteiger partial charge in [-0.2, -0.15) is 0 Å². The molecule has 0 rings (SSSR count). The molecule has 0 aromatic heterocycles. The van der Waals surface area contributed by atoms with Crippen molar-refractivity contribution in [2.45, 2.75) is 32.7 Å². The molecule has 0 aliphatic heterocycles. The van der Waals surface area contributed by atoms with Gasteiger partial charge >= 0.3 is 11.9 Å². The summed E-state index contributed by atoms with van der Waals surface area (Å²) in [6, 6.07) is -1.06. The van der Waals surface area contributed by atoms with Gasteiger partial charge in [-0.15, -0.1) is 0 Å². The van der Waals surface area contributed by atoms with Gasteiger partial charge in [0.05, 0.1) is 0 Å². The summed E-state index contributed by atoms with van der Waals surface area (Å²) in [4.78, 5) is 19.9. The third-order valence-corrected chi connectivity index (χ3v) is 1.39. The van der Waals surface area contributed by atoms with E-state index in [0.29, 0.717) is 0 Å². The quantitative estimate of drug-likeness (QED) is 0.595. The molecule has 0 aliphatic carbocycles. The maximum atomic E-state index is 9.99. The summed E-state index contributed by atoms with van der Waals surface area (Å²) < 4.78 is 4.83. The maximum absolute atomic E-state index is 9.99. The van der Waals surface area contributed by atoms with Crippen LogP contribution in [0.5, 0.6) is 0 Å². The average molecular weight is 221 g/mol. The van der Waals surface area contributed by atoms with E-state index in [1.54, 1.807) is 0 Å². The minimum atomic E-state index is -1.17. The number of rotatable bonds is 6. The van der Waals surface area contributed by atoms with E-state index in [1.165, 1.54) is 0 Å². The third kappa shape index (κ3) is 15.6. The van der Waals surface area contributed by atoms with Crippen LogP contribution >= 0.6 is 0 Å². The molecule has 0 radical (unpaired) electrons. The Morgan fingerprint density at radius 2 is 1.73 bits per heavy atom. The van der Waals surface area contributed by atoms with Gasteiger partial charge in [0.1, 0.15) is 6.04 Å². The standard InChI is InChI=1S/C5H9NO4.C4H10O/c6-3(5(9)10)1-2-4(7)8;1-3-5-4-2/h3H,1-2,6H2,(H,7,8)(H,9,10);3-4H2,1-2H3. The van der Waals surface area contributed by atoms with Crippen molar-refractivity contribution in [3.63, 3.8) is 0 Å². The van der Waals surface area contributed by atoms with E-state index in [1.807, 2.05) is 13.8 Å². The van der Waals surface area contributed by atoms with Gasteiger partial charge in [-0.3, -0.25) is 9.59 Å². The molecule has 1 unspecified atom stereocenters. The number of carbonyl (C=O) groups is 2. The fraction of sp³-hybridized carbons (Fsp3) is 0.778. The van der Waals surface area contributed by atoms with Crippen molar-refractivity contribution in [2.75, 3.05) is 13.2 Å². The molecule has 4 N–H and O–H groups in total. The lowest BCUT2D eigenvalue weighted by atomic mass is 10.2. The highest BCUT2D eigenvalue weighted by Gasteiger charge is 2.12. The Morgan fingerprint density at radius 3 is 1.93 bits per heavy atom. The van der Waals surface area contributed by atoms with Crippen molar-refractivity contribution in [3.05, 3.63) is 0 Å². The second kappa shape index (κ2) is 10.9. The Bertz CT molecular complexity index is 181. The summed E-state index contributed by atoms with van der Waals surface area (Å²) in [5.41, 5.74) is 5.00. The van der Waals surface area contributed by atoms with Gasteiger partial charge in [0.25, 0.3) is 0 Å². The topological polar surface area (TPSA) is 110 Å². The molecule has 0 saturated carbocycles. The van der Waals surface area contributed by atoms with Crippen molar-refractivity contribution in [1.29, 1.82) is 0 Å². The van der Waals surface area contributed by atoms with Crippen molar-refractivity contribution >= 4 is 11.9 Å². The van der Waals surface area contributed by atoms with Gasteiger partial charge in [0, 0.05) is 19.6 Å². The Balaban J connectivity index is 0. The van der Waals surface area contributed by atoms with Crippen LogP contribution in [0, 0.1) is 0 Å². The molecular formula is C9H19NO5. The van der Waals surface area contributed by atoms with Crippen molar-refractivity contribution < 1.29 is 24.5 Å². The zero-order valence-electron chi connectivity index (χ0n) is 9.10. The lowest BCUT2D eigenvalue weighted by Crippen LogP contribution is -2.30. The summed E-state index contributed by atoms with van der Waals surface area (Å²) in [5, 5.41) is 16.3. The van der Waals surface area contributed by atoms with E-state index in [9.17, 15) is 9.59 Å². The van der Waals surface area contributed by atoms with Gasteiger partial charge in [-0.1, -0.05) is 0 Å². The van der Waals surface area contributed by atoms with E-state index >= 15 is 0 Å². The average Bonchev–Trinajstić information content (AvgIpc) is 2.16. The molecule has 6 nitrogen and oxygen atoms in total. The number of aliphatic carboxylic acids is 2. The zero-order chi connectivity index (χ0) is 12.3. The second-order valence-corrected chi connectivity index (χ2v) is 2.66. The second-order valence-electron chi connectivity index (χ2n) is 2.66. The smallest absolute Gasteiger partial charge is 0.320 e. The predicted octanol–water partition coefficient (Wildman–Crippen LogP) is 0.306. The van der Waals surface area contributed by atoms with E-state index in [4.69, 9.17) is 20.7 Å². The van der Waals surface area contributed by atoms with Crippen LogP contribution in [0.15, 0.2) is 0 Å². The Kier molecular flexibility index (Phi) is 11.9. The van der Waals surface area contributed by atoms with E-state index < -0.39 is 18.0 Å². The van der Waals surface area contributed by atoms with Gasteiger partial charge in [0.2, 0.25) is 0 Å². The highest BCUT2D eigenvalue weighted by Crippen LogP contribution is 1.93. The molecule has 0 saturated heterocycles. The lowest BCUT2D eigenvalue weighted by Gasteiger charge is -2.01. The van der Waals surface area contributed by atoms with Crippen LogP contribution < -0.4 is 5.73 Å². The summed E-state index contributed by atoms with van der Waals surface area (Å²) in [7, 11) is 0. The number of hydrogen-bond acceptors (Lipinski definition) is 4. The SMILES string of the molecule is CCOCC.NC(CCC(=O)O)C(=O)O. The number of carboxylic acids is 2. The number of ether oxygens (including phenoxy) is 1. The van der Waals surface area contributed by atoms with E-state index in [2.05, 4.69) is 0 Å². The Labute approximate surface area is 89.0 Å². The Hall–Kier alpha value is -1.14. The highest BCUT2D eigenvalue weighted by molar-refractivity contribution is 5.74. The first kappa shape index (κ1) is 16.3. The minimum absolute atomic E-state index is 0.0231. The fourth-order valence-corrected chi connectivity index (χ4v) is 0.607. The van der Waals surface area contributed by atoms with Crippen molar-refractivity contribution in [1.82, 2.24) is 0 Å². The summed E-state index contributed by atoms with van der Waals surface area (Å²) in [6.07, 6.45) is -0.224. The van der Waals surface area contributed by atoms with Gasteiger partial charge in [0.15, 0.2) is 0 Å². The molecule has 0 aromatic rings. The van der Waals surface area contributed by atoms with Crippen LogP contribution in [-0.4, -0.2) is 41.4 Å². The van der Waals surface area contributed by atoms with Gasteiger partial charge in [-0.25, -0.2) is 0 Å². The zero-order valence-corrected chi connectivity index (χ0v) is 9.10. The molecule has 0 heterocycles. The monoisotopic (exact) mass is 221 g/mol. The molecule has 6 heteroatoms. The normalized spacial score (nSPS) is 11.1. The molecule has 90 valence electrons. The summed E-state index contributed by atoms with van der Waals surface area (Å²) in [6.45, 7) is 5.67. The number of nitrogens with two attached hydrogens (primary N) is 1. The van der Waals surface area contributed by atoms with E-state index in [0.717, 1.165) is 13.2 Å². The van der Waals surface area contributed by atoms with Crippen LogP contribution in [0.4, 0.5) is 0 Å². The molecule has 0 aliphatic rings. The van der Waals surface area contributed by atoms with Crippen LogP contribution in [0.1, 0.15) is 26.7 Å². The molecule has 0 fully saturated rings. The van der Waals surface area contributed by atoms with E-state index in [-0.39, 0.29) is 12.8 Å². The van der Waals surface area contributed by atoms with Crippen molar-refractivity contribution in [2.24, 2.45) is 5.73 Å². The highest BCUT2D eigenvalue weighted by atomic mass is 16.5. The lowest BCUT2D eigenvalue weighted by molar-refractivity contribution is -0.139. The molecule has 15 heavy (non-hydrogen) atoms. The largest absolute Gasteiger partial charge is 0.481 e. The first-order valence-corrected chi connectivity index (χ1v) is 4.73. The number of hydrogen-bond donors (Lipinski definition) is 3. The van der Waals surface area contributed by atoms with Crippen LogP contribution in [0.25, 0.3) is 0 Å². The van der Waals surface area contributed by atoms with Gasteiger partial charge in [-0.05, 0) is 20.3 Å². The van der Waals surface area contributed by atoms with Crippen molar-refractivity contribution in [3.8, 4) is 0 Å². The Morgan fingerprint density at radius 1 is 1.27 bits per heavy atom. The first-order valence-electron chi connectivity index (χ1n) is 4.73. The van der Waals surface area contributed by atoms with Crippen LogP contribution in [0.3, 0.4) is 0 Å². The first-order chi connectivity index (χ1) is 6.95. The molecule has 0 bridgehead atoms. The minimum Gasteiger partial charge on any atom is -0.481 e. The molecule has 0 aromatic carbocycles.